The maximum atomic E-state index is 11.3. The number of hydrogen-bond acceptors (Lipinski definition) is 4. The van der Waals surface area contributed by atoms with Gasteiger partial charge >= 0.3 is 5.97 Å². The molecule has 1 aliphatic carbocycles. The molecule has 0 spiro atoms. The first-order valence-corrected chi connectivity index (χ1v) is 6.67. The second-order valence-corrected chi connectivity index (χ2v) is 5.08. The SMILES string of the molecule is CCOC(=O)CC(C)NCC1(O)CCCCC1. The van der Waals surface area contributed by atoms with E-state index in [0.717, 1.165) is 25.7 Å². The Morgan fingerprint density at radius 3 is 2.65 bits per heavy atom. The van der Waals surface area contributed by atoms with Gasteiger partial charge in [0.1, 0.15) is 0 Å². The monoisotopic (exact) mass is 243 g/mol. The lowest BCUT2D eigenvalue weighted by Gasteiger charge is -2.33. The van der Waals surface area contributed by atoms with Crippen molar-refractivity contribution >= 4 is 5.97 Å². The Hall–Kier alpha value is -0.610. The van der Waals surface area contributed by atoms with Gasteiger partial charge in [-0.1, -0.05) is 19.3 Å². The lowest BCUT2D eigenvalue weighted by molar-refractivity contribution is -0.143. The summed E-state index contributed by atoms with van der Waals surface area (Å²) in [5.41, 5.74) is -0.568. The Kier molecular flexibility index (Phi) is 5.92. The minimum Gasteiger partial charge on any atom is -0.466 e. The Morgan fingerprint density at radius 2 is 2.06 bits per heavy atom. The van der Waals surface area contributed by atoms with E-state index in [-0.39, 0.29) is 12.0 Å². The molecule has 0 aliphatic heterocycles. The van der Waals surface area contributed by atoms with Gasteiger partial charge in [0.2, 0.25) is 0 Å². The van der Waals surface area contributed by atoms with E-state index in [1.807, 2.05) is 6.92 Å². The quantitative estimate of drug-likeness (QED) is 0.696. The van der Waals surface area contributed by atoms with Crippen LogP contribution >= 0.6 is 0 Å². The van der Waals surface area contributed by atoms with E-state index in [4.69, 9.17) is 4.74 Å². The summed E-state index contributed by atoms with van der Waals surface area (Å²) >= 11 is 0. The second kappa shape index (κ2) is 6.97. The molecule has 4 heteroatoms. The van der Waals surface area contributed by atoms with Crippen molar-refractivity contribution in [2.24, 2.45) is 0 Å². The van der Waals surface area contributed by atoms with E-state index in [1.54, 1.807) is 6.92 Å². The molecule has 4 nitrogen and oxygen atoms in total. The number of hydrogen-bond donors (Lipinski definition) is 2. The normalized spacial score (nSPS) is 20.9. The highest BCUT2D eigenvalue weighted by Crippen LogP contribution is 2.27. The van der Waals surface area contributed by atoms with Gasteiger partial charge in [0.15, 0.2) is 0 Å². The van der Waals surface area contributed by atoms with Crippen molar-refractivity contribution in [3.05, 3.63) is 0 Å². The van der Waals surface area contributed by atoms with Crippen molar-refractivity contribution in [3.63, 3.8) is 0 Å². The highest BCUT2D eigenvalue weighted by molar-refractivity contribution is 5.69. The molecule has 0 saturated heterocycles. The molecule has 0 bridgehead atoms. The van der Waals surface area contributed by atoms with E-state index < -0.39 is 5.60 Å². The number of carbonyl (C=O) groups is 1. The van der Waals surface area contributed by atoms with Gasteiger partial charge in [0.25, 0.3) is 0 Å². The maximum Gasteiger partial charge on any atom is 0.307 e. The van der Waals surface area contributed by atoms with Crippen LogP contribution in [0.2, 0.25) is 0 Å². The molecule has 2 N–H and O–H groups in total. The van der Waals surface area contributed by atoms with Gasteiger partial charge in [-0.05, 0) is 26.7 Å². The molecular weight excluding hydrogens is 218 g/mol. The third-order valence-corrected chi connectivity index (χ3v) is 3.34. The lowest BCUT2D eigenvalue weighted by Crippen LogP contribution is -2.45. The standard InChI is InChI=1S/C13H25NO3/c1-3-17-12(15)9-11(2)14-10-13(16)7-5-4-6-8-13/h11,14,16H,3-10H2,1-2H3. The second-order valence-electron chi connectivity index (χ2n) is 5.08. The number of esters is 1. The Labute approximate surface area is 104 Å². The van der Waals surface area contributed by atoms with Crippen molar-refractivity contribution in [2.45, 2.75) is 64.0 Å². The number of ether oxygens (including phenoxy) is 1. The van der Waals surface area contributed by atoms with Gasteiger partial charge in [-0.25, -0.2) is 0 Å². The average Bonchev–Trinajstić information content (AvgIpc) is 2.28. The molecule has 0 aromatic carbocycles. The zero-order chi connectivity index (χ0) is 12.7. The topological polar surface area (TPSA) is 58.6 Å². The molecule has 100 valence electrons. The molecule has 1 rings (SSSR count). The van der Waals surface area contributed by atoms with Crippen LogP contribution in [0.3, 0.4) is 0 Å². The Bertz CT molecular complexity index is 237. The zero-order valence-electron chi connectivity index (χ0n) is 11.0. The summed E-state index contributed by atoms with van der Waals surface area (Å²) in [5, 5.41) is 13.5. The molecule has 1 aliphatic rings. The van der Waals surface area contributed by atoms with Gasteiger partial charge in [0.05, 0.1) is 18.6 Å². The molecule has 1 unspecified atom stereocenters. The van der Waals surface area contributed by atoms with Gasteiger partial charge in [0, 0.05) is 12.6 Å². The summed E-state index contributed by atoms with van der Waals surface area (Å²) in [6.07, 6.45) is 5.53. The molecule has 1 saturated carbocycles. The molecular formula is C13H25NO3. The summed E-state index contributed by atoms with van der Waals surface area (Å²) in [5.74, 6) is -0.178. The van der Waals surface area contributed by atoms with Crippen molar-refractivity contribution in [2.75, 3.05) is 13.2 Å². The minimum atomic E-state index is -0.568. The van der Waals surface area contributed by atoms with Crippen LogP contribution in [0.15, 0.2) is 0 Å². The molecule has 0 amide bonds. The molecule has 0 heterocycles. The predicted octanol–water partition coefficient (Wildman–Crippen LogP) is 1.61. The maximum absolute atomic E-state index is 11.3. The smallest absolute Gasteiger partial charge is 0.307 e. The first-order chi connectivity index (χ1) is 8.06. The van der Waals surface area contributed by atoms with E-state index in [9.17, 15) is 9.90 Å². The Morgan fingerprint density at radius 1 is 1.41 bits per heavy atom. The summed E-state index contributed by atoms with van der Waals surface area (Å²) in [6, 6.07) is 0.0556. The molecule has 1 atom stereocenters. The number of carbonyl (C=O) groups excluding carboxylic acids is 1. The van der Waals surface area contributed by atoms with Gasteiger partial charge in [-0.3, -0.25) is 4.79 Å². The molecule has 0 radical (unpaired) electrons. The molecule has 1 fully saturated rings. The highest BCUT2D eigenvalue weighted by Gasteiger charge is 2.29. The summed E-state index contributed by atoms with van der Waals surface area (Å²) in [4.78, 5) is 11.3. The van der Waals surface area contributed by atoms with Gasteiger partial charge < -0.3 is 15.2 Å². The van der Waals surface area contributed by atoms with Crippen LogP contribution in [-0.4, -0.2) is 35.9 Å². The van der Waals surface area contributed by atoms with E-state index in [1.165, 1.54) is 6.42 Å². The summed E-state index contributed by atoms with van der Waals surface area (Å²) in [7, 11) is 0. The molecule has 0 aromatic heterocycles. The number of nitrogens with one attached hydrogen (secondary N) is 1. The predicted molar refractivity (Wildman–Crippen MR) is 66.7 cm³/mol. The van der Waals surface area contributed by atoms with Crippen molar-refractivity contribution in [1.82, 2.24) is 5.32 Å². The van der Waals surface area contributed by atoms with Crippen LogP contribution < -0.4 is 5.32 Å². The molecule has 17 heavy (non-hydrogen) atoms. The fraction of sp³-hybridized carbons (Fsp3) is 0.923. The van der Waals surface area contributed by atoms with E-state index in [0.29, 0.717) is 19.6 Å². The molecule has 0 aromatic rings. The van der Waals surface area contributed by atoms with E-state index in [2.05, 4.69) is 5.32 Å². The fourth-order valence-corrected chi connectivity index (χ4v) is 2.29. The van der Waals surface area contributed by atoms with Crippen LogP contribution in [0.4, 0.5) is 0 Å². The van der Waals surface area contributed by atoms with Gasteiger partial charge in [-0.2, -0.15) is 0 Å². The van der Waals surface area contributed by atoms with Crippen molar-refractivity contribution in [3.8, 4) is 0 Å². The van der Waals surface area contributed by atoms with Gasteiger partial charge in [-0.15, -0.1) is 0 Å². The Balaban J connectivity index is 2.22. The third kappa shape index (κ3) is 5.50. The minimum absolute atomic E-state index is 0.0556. The highest BCUT2D eigenvalue weighted by atomic mass is 16.5. The zero-order valence-corrected chi connectivity index (χ0v) is 11.0. The van der Waals surface area contributed by atoms with Crippen molar-refractivity contribution in [1.29, 1.82) is 0 Å². The van der Waals surface area contributed by atoms with Crippen LogP contribution in [0.5, 0.6) is 0 Å². The fourth-order valence-electron chi connectivity index (χ4n) is 2.29. The summed E-state index contributed by atoms with van der Waals surface area (Å²) < 4.78 is 4.89. The van der Waals surface area contributed by atoms with Crippen LogP contribution in [0.1, 0.15) is 52.4 Å². The van der Waals surface area contributed by atoms with Crippen LogP contribution in [0, 0.1) is 0 Å². The van der Waals surface area contributed by atoms with Crippen LogP contribution in [-0.2, 0) is 9.53 Å². The first kappa shape index (κ1) is 14.5. The summed E-state index contributed by atoms with van der Waals surface area (Å²) in [6.45, 7) is 4.76. The largest absolute Gasteiger partial charge is 0.466 e. The van der Waals surface area contributed by atoms with Crippen LogP contribution in [0.25, 0.3) is 0 Å². The van der Waals surface area contributed by atoms with Crippen molar-refractivity contribution < 1.29 is 14.6 Å². The van der Waals surface area contributed by atoms with E-state index >= 15 is 0 Å². The lowest BCUT2D eigenvalue weighted by atomic mass is 9.85. The average molecular weight is 243 g/mol. The first-order valence-electron chi connectivity index (χ1n) is 6.67. The number of aliphatic hydroxyl groups is 1. The number of rotatable bonds is 6. The third-order valence-electron chi connectivity index (χ3n) is 3.34.